The number of morpholine rings is 1. The Morgan fingerprint density at radius 1 is 0.886 bits per heavy atom. The van der Waals surface area contributed by atoms with Gasteiger partial charge in [0.1, 0.15) is 6.54 Å². The van der Waals surface area contributed by atoms with Crippen LogP contribution < -0.4 is 5.56 Å². The number of aromatic nitrogens is 2. The van der Waals surface area contributed by atoms with Gasteiger partial charge in [-0.05, 0) is 31.4 Å². The molecule has 0 radical (unpaired) electrons. The molecule has 1 fully saturated rings. The molecule has 0 spiro atoms. The van der Waals surface area contributed by atoms with Gasteiger partial charge in [0.2, 0.25) is 5.91 Å². The van der Waals surface area contributed by atoms with Gasteiger partial charge in [-0.15, -0.1) is 0 Å². The molecule has 7 nitrogen and oxygen atoms in total. The monoisotopic (exact) mass is 474 g/mol. The SMILES string of the molecule is C[C@@H]1CN(C(=O)Cn2c3c(c(=O)n2Cc2ccccc2)CCN(Cc2ccccc2)C3)C[C@H](C)O1. The first kappa shape index (κ1) is 23.6. The summed E-state index contributed by atoms with van der Waals surface area (Å²) in [7, 11) is 0. The van der Waals surface area contributed by atoms with Crippen LogP contribution in [0.2, 0.25) is 0 Å². The molecule has 2 aliphatic rings. The standard InChI is InChI=1S/C28H34N4O3/c1-21-15-30(16-22(2)35-21)27(33)20-31-26-19-29(17-23-9-5-3-6-10-23)14-13-25(26)28(34)32(31)18-24-11-7-4-8-12-24/h3-12,21-22H,13-20H2,1-2H3/t21-,22+. The minimum absolute atomic E-state index is 0.00847. The zero-order valence-electron chi connectivity index (χ0n) is 20.6. The van der Waals surface area contributed by atoms with Crippen molar-refractivity contribution >= 4 is 5.91 Å². The maximum absolute atomic E-state index is 13.5. The minimum Gasteiger partial charge on any atom is -0.372 e. The van der Waals surface area contributed by atoms with E-state index >= 15 is 0 Å². The Hall–Kier alpha value is -3.16. The number of rotatable bonds is 6. The van der Waals surface area contributed by atoms with Crippen LogP contribution in [0.4, 0.5) is 0 Å². The normalized spacial score (nSPS) is 20.6. The van der Waals surface area contributed by atoms with E-state index in [4.69, 9.17) is 4.74 Å². The van der Waals surface area contributed by atoms with E-state index in [1.807, 2.05) is 59.8 Å². The maximum Gasteiger partial charge on any atom is 0.270 e. The molecule has 35 heavy (non-hydrogen) atoms. The number of carbonyl (C=O) groups excluding carboxylic acids is 1. The van der Waals surface area contributed by atoms with Gasteiger partial charge in [-0.3, -0.25) is 19.2 Å². The second-order valence-electron chi connectivity index (χ2n) is 9.83. The smallest absolute Gasteiger partial charge is 0.270 e. The number of carbonyl (C=O) groups is 1. The number of hydrogen-bond donors (Lipinski definition) is 0. The number of fused-ring (bicyclic) bond motifs is 1. The Labute approximate surface area is 206 Å². The molecule has 0 bridgehead atoms. The first-order valence-electron chi connectivity index (χ1n) is 12.5. The average Bonchev–Trinajstić information content (AvgIpc) is 3.10. The highest BCUT2D eigenvalue weighted by Gasteiger charge is 2.30. The van der Waals surface area contributed by atoms with Crippen LogP contribution in [0, 0.1) is 0 Å². The van der Waals surface area contributed by atoms with Gasteiger partial charge < -0.3 is 9.64 Å². The largest absolute Gasteiger partial charge is 0.372 e. The summed E-state index contributed by atoms with van der Waals surface area (Å²) in [6, 6.07) is 20.4. The van der Waals surface area contributed by atoms with E-state index in [0.29, 0.717) is 32.6 Å². The zero-order chi connectivity index (χ0) is 24.4. The zero-order valence-corrected chi connectivity index (χ0v) is 20.6. The molecule has 5 rings (SSSR count). The summed E-state index contributed by atoms with van der Waals surface area (Å²) < 4.78 is 9.55. The molecule has 1 aromatic heterocycles. The molecule has 2 atom stereocenters. The van der Waals surface area contributed by atoms with Crippen LogP contribution in [-0.4, -0.2) is 56.9 Å². The third-order valence-electron chi connectivity index (χ3n) is 6.98. The highest BCUT2D eigenvalue weighted by molar-refractivity contribution is 5.76. The summed E-state index contributed by atoms with van der Waals surface area (Å²) in [6.45, 7) is 8.09. The van der Waals surface area contributed by atoms with Crippen molar-refractivity contribution in [2.45, 2.75) is 58.7 Å². The number of amides is 1. The fourth-order valence-electron chi connectivity index (χ4n) is 5.36. The Balaban J connectivity index is 1.46. The molecule has 3 aromatic rings. The van der Waals surface area contributed by atoms with Crippen LogP contribution in [0.1, 0.15) is 36.2 Å². The number of hydrogen-bond acceptors (Lipinski definition) is 4. The van der Waals surface area contributed by atoms with Gasteiger partial charge in [-0.1, -0.05) is 60.7 Å². The van der Waals surface area contributed by atoms with Crippen molar-refractivity contribution in [1.29, 1.82) is 0 Å². The molecule has 0 aliphatic carbocycles. The summed E-state index contributed by atoms with van der Waals surface area (Å²) >= 11 is 0. The molecule has 1 saturated heterocycles. The van der Waals surface area contributed by atoms with Crippen LogP contribution in [0.15, 0.2) is 65.5 Å². The second kappa shape index (κ2) is 10.2. The fourth-order valence-corrected chi connectivity index (χ4v) is 5.36. The Bertz CT molecular complexity index is 1210. The van der Waals surface area contributed by atoms with Crippen molar-refractivity contribution < 1.29 is 9.53 Å². The second-order valence-corrected chi connectivity index (χ2v) is 9.83. The number of ether oxygens (including phenoxy) is 1. The number of benzene rings is 2. The van der Waals surface area contributed by atoms with Gasteiger partial charge in [-0.25, -0.2) is 4.68 Å². The quantitative estimate of drug-likeness (QED) is 0.551. The van der Waals surface area contributed by atoms with E-state index in [9.17, 15) is 9.59 Å². The first-order chi connectivity index (χ1) is 17.0. The summed E-state index contributed by atoms with van der Waals surface area (Å²) in [6.07, 6.45) is 0.714. The Kier molecular flexibility index (Phi) is 6.88. The lowest BCUT2D eigenvalue weighted by Gasteiger charge is -2.36. The molecule has 1 amide bonds. The van der Waals surface area contributed by atoms with E-state index in [1.54, 1.807) is 4.68 Å². The van der Waals surface area contributed by atoms with Crippen LogP contribution in [0.25, 0.3) is 0 Å². The van der Waals surface area contributed by atoms with Crippen molar-refractivity contribution in [3.63, 3.8) is 0 Å². The van der Waals surface area contributed by atoms with Crippen LogP contribution in [0.3, 0.4) is 0 Å². The minimum atomic E-state index is 0.00847. The predicted molar refractivity (Wildman–Crippen MR) is 135 cm³/mol. The molecule has 7 heteroatoms. The van der Waals surface area contributed by atoms with Crippen LogP contribution in [-0.2, 0) is 42.1 Å². The highest BCUT2D eigenvalue weighted by atomic mass is 16.5. The Morgan fingerprint density at radius 3 is 2.11 bits per heavy atom. The van der Waals surface area contributed by atoms with Gasteiger partial charge in [0, 0.05) is 38.3 Å². The molecule has 2 aliphatic heterocycles. The lowest BCUT2D eigenvalue weighted by molar-refractivity contribution is -0.144. The van der Waals surface area contributed by atoms with E-state index in [-0.39, 0.29) is 30.2 Å². The number of nitrogens with zero attached hydrogens (tertiary/aromatic N) is 4. The van der Waals surface area contributed by atoms with Gasteiger partial charge in [0.05, 0.1) is 24.4 Å². The van der Waals surface area contributed by atoms with E-state index in [1.165, 1.54) is 5.56 Å². The lowest BCUT2D eigenvalue weighted by Crippen LogP contribution is -2.49. The molecule has 184 valence electrons. The third kappa shape index (κ3) is 5.26. The maximum atomic E-state index is 13.5. The van der Waals surface area contributed by atoms with Gasteiger partial charge in [-0.2, -0.15) is 0 Å². The first-order valence-corrected chi connectivity index (χ1v) is 12.5. The van der Waals surface area contributed by atoms with Crippen molar-refractivity contribution in [3.05, 3.63) is 93.4 Å². The van der Waals surface area contributed by atoms with Crippen molar-refractivity contribution in [2.24, 2.45) is 0 Å². The van der Waals surface area contributed by atoms with E-state index < -0.39 is 0 Å². The molecule has 0 unspecified atom stereocenters. The lowest BCUT2D eigenvalue weighted by atomic mass is 10.1. The molecule has 3 heterocycles. The molecular formula is C28H34N4O3. The van der Waals surface area contributed by atoms with E-state index in [2.05, 4.69) is 29.2 Å². The van der Waals surface area contributed by atoms with Gasteiger partial charge >= 0.3 is 0 Å². The highest BCUT2D eigenvalue weighted by Crippen LogP contribution is 2.21. The topological polar surface area (TPSA) is 59.7 Å². The molecule has 2 aromatic carbocycles. The summed E-state index contributed by atoms with van der Waals surface area (Å²) in [5.41, 5.74) is 4.14. The summed E-state index contributed by atoms with van der Waals surface area (Å²) in [5.74, 6) is 0.0341. The van der Waals surface area contributed by atoms with E-state index in [0.717, 1.165) is 29.9 Å². The summed E-state index contributed by atoms with van der Waals surface area (Å²) in [4.78, 5) is 31.2. The molecule has 0 saturated carbocycles. The molecule has 0 N–H and O–H groups in total. The summed E-state index contributed by atoms with van der Waals surface area (Å²) in [5, 5.41) is 0. The van der Waals surface area contributed by atoms with Crippen molar-refractivity contribution in [1.82, 2.24) is 19.2 Å². The fraction of sp³-hybridized carbons (Fsp3) is 0.429. The van der Waals surface area contributed by atoms with Crippen molar-refractivity contribution in [3.8, 4) is 0 Å². The van der Waals surface area contributed by atoms with Crippen LogP contribution >= 0.6 is 0 Å². The van der Waals surface area contributed by atoms with Gasteiger partial charge in [0.15, 0.2) is 0 Å². The van der Waals surface area contributed by atoms with Crippen LogP contribution in [0.5, 0.6) is 0 Å². The Morgan fingerprint density at radius 2 is 1.49 bits per heavy atom. The third-order valence-corrected chi connectivity index (χ3v) is 6.98. The average molecular weight is 475 g/mol. The molecular weight excluding hydrogens is 440 g/mol. The predicted octanol–water partition coefficient (Wildman–Crippen LogP) is 2.89. The van der Waals surface area contributed by atoms with Crippen molar-refractivity contribution in [2.75, 3.05) is 19.6 Å². The van der Waals surface area contributed by atoms with Gasteiger partial charge in [0.25, 0.3) is 5.56 Å².